The van der Waals surface area contributed by atoms with Crippen LogP contribution in [0.15, 0.2) is 35.5 Å². The van der Waals surface area contributed by atoms with Crippen molar-refractivity contribution in [2.24, 2.45) is 40.6 Å². The quantitative estimate of drug-likeness (QED) is 0.241. The van der Waals surface area contributed by atoms with Crippen LogP contribution in [0.5, 0.6) is 0 Å². The number of nitrogens with zero attached hydrogens (tertiary/aromatic N) is 4. The Kier molecular flexibility index (Phi) is 4.05. The van der Waals surface area contributed by atoms with Crippen LogP contribution in [0.4, 0.5) is 11.4 Å². The predicted molar refractivity (Wildman–Crippen MR) is 110 cm³/mol. The van der Waals surface area contributed by atoms with Gasteiger partial charge >= 0.3 is 0 Å². The fraction of sp³-hybridized carbons (Fsp3) is 0.500. The Balaban J connectivity index is 1.26. The normalized spacial score (nSPS) is 35.6. The van der Waals surface area contributed by atoms with E-state index in [0.29, 0.717) is 49.4 Å². The molecule has 0 radical (unpaired) electrons. The number of imide groups is 1. The minimum atomic E-state index is -0.418. The topological polar surface area (TPSA) is 105 Å². The Morgan fingerprint density at radius 1 is 1.06 bits per heavy atom. The molecule has 2 heterocycles. The molecule has 4 aliphatic carbocycles. The molecule has 2 saturated heterocycles. The zero-order valence-electron chi connectivity index (χ0n) is 16.8. The number of allylic oxidation sites excluding steroid dienone is 2. The first-order valence-corrected chi connectivity index (χ1v) is 10.8. The van der Waals surface area contributed by atoms with E-state index < -0.39 is 4.92 Å². The lowest BCUT2D eigenvalue weighted by Crippen LogP contribution is -2.40. The number of morpholine rings is 1. The molecular weight excluding hydrogens is 400 g/mol. The number of hydrazone groups is 1. The number of hydrogen-bond donors (Lipinski definition) is 0. The Hall–Kier alpha value is -3.07. The maximum Gasteiger partial charge on any atom is 0.293 e. The lowest BCUT2D eigenvalue weighted by Gasteiger charge is -2.37. The second-order valence-electron chi connectivity index (χ2n) is 8.99. The molecular formula is C22H22N4O5. The molecule has 160 valence electrons. The summed E-state index contributed by atoms with van der Waals surface area (Å²) in [6.07, 6.45) is 6.72. The molecule has 2 aliphatic heterocycles. The fourth-order valence-corrected chi connectivity index (χ4v) is 6.02. The number of hydrogen-bond acceptors (Lipinski definition) is 7. The molecule has 1 aromatic carbocycles. The summed E-state index contributed by atoms with van der Waals surface area (Å²) in [4.78, 5) is 39.1. The minimum Gasteiger partial charge on any atom is -0.378 e. The van der Waals surface area contributed by atoms with Crippen LogP contribution in [0.25, 0.3) is 0 Å². The van der Waals surface area contributed by atoms with E-state index in [0.717, 1.165) is 11.4 Å². The summed E-state index contributed by atoms with van der Waals surface area (Å²) < 4.78 is 5.32. The summed E-state index contributed by atoms with van der Waals surface area (Å²) in [6.45, 7) is 2.24. The van der Waals surface area contributed by atoms with E-state index in [4.69, 9.17) is 4.74 Å². The Labute approximate surface area is 178 Å². The van der Waals surface area contributed by atoms with E-state index in [9.17, 15) is 19.7 Å². The highest BCUT2D eigenvalue weighted by Gasteiger charge is 2.67. The summed E-state index contributed by atoms with van der Waals surface area (Å²) in [5.74, 6) is 0.268. The largest absolute Gasteiger partial charge is 0.378 e. The van der Waals surface area contributed by atoms with Crippen LogP contribution in [0, 0.1) is 45.6 Å². The zero-order chi connectivity index (χ0) is 21.3. The van der Waals surface area contributed by atoms with Gasteiger partial charge in [0.15, 0.2) is 0 Å². The van der Waals surface area contributed by atoms with Gasteiger partial charge < -0.3 is 9.64 Å². The number of nitro benzene ring substituents is 1. The second kappa shape index (κ2) is 6.71. The van der Waals surface area contributed by atoms with Gasteiger partial charge in [0.1, 0.15) is 5.69 Å². The molecule has 7 rings (SSSR count). The Morgan fingerprint density at radius 3 is 2.32 bits per heavy atom. The standard InChI is InChI=1S/C22H22N4O5/c27-21-19-13-2-3-14(16-10-15(13)16)20(19)22(28)25(21)23-11-12-1-4-17(18(9-12)26(29)30)24-5-7-31-8-6-24/h1-4,9,11,13-16,19-20H,5-8,10H2/b23-11-/t13-,14-,15-,16-,19-,20+/m0/s1. The highest BCUT2D eigenvalue weighted by Crippen LogP contribution is 2.65. The number of amides is 2. The number of carbonyl (C=O) groups is 2. The maximum absolute atomic E-state index is 13.0. The van der Waals surface area contributed by atoms with Gasteiger partial charge in [0.25, 0.3) is 17.5 Å². The second-order valence-corrected chi connectivity index (χ2v) is 8.99. The van der Waals surface area contributed by atoms with Crippen molar-refractivity contribution < 1.29 is 19.2 Å². The van der Waals surface area contributed by atoms with Crippen molar-refractivity contribution in [2.75, 3.05) is 31.2 Å². The van der Waals surface area contributed by atoms with Gasteiger partial charge in [-0.3, -0.25) is 19.7 Å². The van der Waals surface area contributed by atoms with Crippen LogP contribution >= 0.6 is 0 Å². The van der Waals surface area contributed by atoms with Gasteiger partial charge in [-0.15, -0.1) is 0 Å². The molecule has 9 heteroatoms. The van der Waals surface area contributed by atoms with Gasteiger partial charge in [-0.1, -0.05) is 18.2 Å². The van der Waals surface area contributed by atoms with E-state index in [1.807, 2.05) is 4.90 Å². The van der Waals surface area contributed by atoms with Crippen LogP contribution in [-0.2, 0) is 14.3 Å². The number of rotatable bonds is 4. The van der Waals surface area contributed by atoms with Gasteiger partial charge in [0.05, 0.1) is 36.2 Å². The molecule has 2 amide bonds. The molecule has 0 aromatic heterocycles. The Bertz CT molecular complexity index is 1010. The number of benzene rings is 1. The lowest BCUT2D eigenvalue weighted by atomic mass is 9.63. The fourth-order valence-electron chi connectivity index (χ4n) is 6.02. The average Bonchev–Trinajstić information content (AvgIpc) is 3.57. The first-order chi connectivity index (χ1) is 15.0. The molecule has 0 unspecified atom stereocenters. The van der Waals surface area contributed by atoms with Crippen molar-refractivity contribution in [3.05, 3.63) is 46.0 Å². The Morgan fingerprint density at radius 2 is 1.71 bits per heavy atom. The number of carbonyl (C=O) groups excluding carboxylic acids is 2. The zero-order valence-corrected chi connectivity index (χ0v) is 16.8. The van der Waals surface area contributed by atoms with Crippen molar-refractivity contribution in [3.63, 3.8) is 0 Å². The summed E-state index contributed by atoms with van der Waals surface area (Å²) in [6, 6.07) is 4.85. The highest BCUT2D eigenvalue weighted by atomic mass is 16.6. The average molecular weight is 422 g/mol. The molecule has 6 atom stereocenters. The molecule has 2 bridgehead atoms. The molecule has 2 saturated carbocycles. The molecule has 31 heavy (non-hydrogen) atoms. The third-order valence-electron chi connectivity index (χ3n) is 7.51. The smallest absolute Gasteiger partial charge is 0.293 e. The summed E-state index contributed by atoms with van der Waals surface area (Å²) in [7, 11) is 0. The minimum absolute atomic E-state index is 0.0269. The van der Waals surface area contributed by atoms with Gasteiger partial charge in [-0.25, -0.2) is 0 Å². The van der Waals surface area contributed by atoms with Gasteiger partial charge in [-0.2, -0.15) is 10.1 Å². The number of anilines is 1. The molecule has 9 nitrogen and oxygen atoms in total. The summed E-state index contributed by atoms with van der Waals surface area (Å²) >= 11 is 0. The van der Waals surface area contributed by atoms with Crippen molar-refractivity contribution in [2.45, 2.75) is 6.42 Å². The molecule has 4 fully saturated rings. The SMILES string of the molecule is O=C1[C@@H]2[C@H]3C=C[C@@H]([C@@H]4C[C@@H]34)[C@@H]2C(=O)N1/N=C\c1ccc(N2CCOCC2)c([N+](=O)[O-])c1. The van der Waals surface area contributed by atoms with Gasteiger partial charge in [-0.05, 0) is 36.2 Å². The van der Waals surface area contributed by atoms with E-state index in [-0.39, 0.29) is 41.2 Å². The van der Waals surface area contributed by atoms with Gasteiger partial charge in [0, 0.05) is 24.7 Å². The summed E-state index contributed by atoms with van der Waals surface area (Å²) in [5.41, 5.74) is 0.982. The predicted octanol–water partition coefficient (Wildman–Crippen LogP) is 1.82. The molecule has 0 N–H and O–H groups in total. The van der Waals surface area contributed by atoms with Gasteiger partial charge in [0.2, 0.25) is 0 Å². The number of nitro groups is 1. The van der Waals surface area contributed by atoms with E-state index in [2.05, 4.69) is 17.3 Å². The maximum atomic E-state index is 13.0. The van der Waals surface area contributed by atoms with Crippen LogP contribution in [0.2, 0.25) is 0 Å². The van der Waals surface area contributed by atoms with Crippen molar-refractivity contribution in [3.8, 4) is 0 Å². The molecule has 6 aliphatic rings. The monoisotopic (exact) mass is 422 g/mol. The van der Waals surface area contributed by atoms with E-state index >= 15 is 0 Å². The number of ether oxygens (including phenoxy) is 1. The van der Waals surface area contributed by atoms with Crippen molar-refractivity contribution in [1.82, 2.24) is 5.01 Å². The molecule has 0 spiro atoms. The van der Waals surface area contributed by atoms with Crippen LogP contribution in [0.3, 0.4) is 0 Å². The highest BCUT2D eigenvalue weighted by molar-refractivity contribution is 6.06. The van der Waals surface area contributed by atoms with Crippen LogP contribution in [-0.4, -0.2) is 54.3 Å². The first kappa shape index (κ1) is 18.7. The summed E-state index contributed by atoms with van der Waals surface area (Å²) in [5, 5.41) is 16.8. The van der Waals surface area contributed by atoms with Crippen LogP contribution in [0.1, 0.15) is 12.0 Å². The third kappa shape index (κ3) is 2.76. The lowest BCUT2D eigenvalue weighted by molar-refractivity contribution is -0.384. The van der Waals surface area contributed by atoms with Crippen LogP contribution < -0.4 is 4.90 Å². The molecule has 1 aromatic rings. The van der Waals surface area contributed by atoms with Crippen molar-refractivity contribution >= 4 is 29.4 Å². The third-order valence-corrected chi connectivity index (χ3v) is 7.51. The van der Waals surface area contributed by atoms with Crippen molar-refractivity contribution in [1.29, 1.82) is 0 Å². The first-order valence-electron chi connectivity index (χ1n) is 10.8. The van der Waals surface area contributed by atoms with E-state index in [1.165, 1.54) is 12.3 Å². The van der Waals surface area contributed by atoms with E-state index in [1.54, 1.807) is 12.1 Å².